The lowest BCUT2D eigenvalue weighted by Crippen LogP contribution is -2.44. The van der Waals surface area contributed by atoms with E-state index in [1.807, 2.05) is 22.6 Å². The standard InChI is InChI=1S/C33H30Cl3F3IN3O6/c1-31(2,3)48-29(46)43(30(47)49-32(4,5)6)26-20(38)11-12-22(25(26)39)42-27(44)17-14-16(8-9-18(17)34)41-28(45)24-23(33(24,35)36)15-7-10-19(37)21(40)13-15/h7-14,23-24H,1-6H3,(H,41,45)(H,42,44)/t23-,24+/m0/s1. The minimum absolute atomic E-state index is 0.0612. The molecule has 16 heteroatoms. The smallest absolute Gasteiger partial charge is 0.424 e. The number of nitrogens with one attached hydrogen (secondary N) is 2. The fraction of sp³-hybridized carbons (Fsp3) is 0.333. The molecule has 0 spiro atoms. The molecule has 0 bridgehead atoms. The second-order valence-corrected chi connectivity index (χ2v) is 16.0. The van der Waals surface area contributed by atoms with Crippen molar-refractivity contribution in [3.8, 4) is 0 Å². The van der Waals surface area contributed by atoms with Gasteiger partial charge in [0.2, 0.25) is 5.91 Å². The number of anilines is 3. The van der Waals surface area contributed by atoms with Crippen molar-refractivity contribution in [2.45, 2.75) is 63.0 Å². The van der Waals surface area contributed by atoms with Crippen molar-refractivity contribution < 1.29 is 41.8 Å². The fourth-order valence-electron chi connectivity index (χ4n) is 4.67. The molecule has 0 saturated heterocycles. The van der Waals surface area contributed by atoms with Crippen LogP contribution in [0.1, 0.15) is 63.4 Å². The highest BCUT2D eigenvalue weighted by Gasteiger charge is 2.67. The Morgan fingerprint density at radius 3 is 1.96 bits per heavy atom. The molecule has 1 saturated carbocycles. The summed E-state index contributed by atoms with van der Waals surface area (Å²) >= 11 is 20.9. The van der Waals surface area contributed by atoms with Crippen LogP contribution in [0.4, 0.5) is 39.8 Å². The van der Waals surface area contributed by atoms with Crippen molar-refractivity contribution in [3.63, 3.8) is 0 Å². The van der Waals surface area contributed by atoms with Crippen LogP contribution < -0.4 is 15.5 Å². The number of hydrogen-bond acceptors (Lipinski definition) is 6. The second kappa shape index (κ2) is 14.2. The summed E-state index contributed by atoms with van der Waals surface area (Å²) in [6.07, 6.45) is -2.86. The molecule has 3 aromatic rings. The molecule has 2 atom stereocenters. The van der Waals surface area contributed by atoms with Gasteiger partial charge in [-0.2, -0.15) is 4.90 Å². The first-order valence-corrected chi connectivity index (χ1v) is 16.7. The Balaban J connectivity index is 1.60. The van der Waals surface area contributed by atoms with E-state index in [9.17, 15) is 23.6 Å². The maximum Gasteiger partial charge on any atom is 0.424 e. The summed E-state index contributed by atoms with van der Waals surface area (Å²) in [4.78, 5) is 52.7. The van der Waals surface area contributed by atoms with Gasteiger partial charge in [0, 0.05) is 15.2 Å². The number of halogens is 7. The van der Waals surface area contributed by atoms with Gasteiger partial charge in [-0.25, -0.2) is 22.8 Å². The van der Waals surface area contributed by atoms with Gasteiger partial charge in [-0.3, -0.25) is 9.59 Å². The van der Waals surface area contributed by atoms with Crippen molar-refractivity contribution >= 4 is 98.5 Å². The van der Waals surface area contributed by atoms with Gasteiger partial charge < -0.3 is 20.1 Å². The maximum atomic E-state index is 15.9. The van der Waals surface area contributed by atoms with Gasteiger partial charge in [-0.15, -0.1) is 23.2 Å². The third-order valence-corrected chi connectivity index (χ3v) is 8.90. The maximum absolute atomic E-state index is 15.9. The summed E-state index contributed by atoms with van der Waals surface area (Å²) in [5.74, 6) is -6.42. The van der Waals surface area contributed by atoms with Crippen LogP contribution >= 0.6 is 57.4 Å². The molecule has 4 rings (SSSR count). The molecule has 1 aliphatic rings. The van der Waals surface area contributed by atoms with E-state index in [1.165, 1.54) is 71.9 Å². The first-order chi connectivity index (χ1) is 22.5. The first kappa shape index (κ1) is 38.5. The lowest BCUT2D eigenvalue weighted by atomic mass is 10.1. The zero-order valence-corrected chi connectivity index (χ0v) is 31.2. The van der Waals surface area contributed by atoms with E-state index in [4.69, 9.17) is 44.3 Å². The summed E-state index contributed by atoms with van der Waals surface area (Å²) in [5.41, 5.74) is -3.69. The molecule has 3 aromatic carbocycles. The highest BCUT2D eigenvalue weighted by Crippen LogP contribution is 2.65. The molecule has 4 amide bonds. The first-order valence-electron chi connectivity index (χ1n) is 14.5. The van der Waals surface area contributed by atoms with Crippen LogP contribution in [0.25, 0.3) is 0 Å². The third-order valence-electron chi connectivity index (χ3n) is 6.81. The molecule has 0 unspecified atom stereocenters. The topological polar surface area (TPSA) is 114 Å². The number of carbonyl (C=O) groups is 4. The minimum Gasteiger partial charge on any atom is -0.443 e. The van der Waals surface area contributed by atoms with E-state index in [1.54, 1.807) is 6.07 Å². The number of amides is 4. The molecule has 2 N–H and O–H groups in total. The SMILES string of the molecule is CC(C)(C)OC(=O)N(C(=O)OC(C)(C)C)c1c(F)ccc(NC(=O)c2cc(NC(=O)[C@H]3[C@H](c4ccc(F)c(I)c4)C3(Cl)Cl)ccc2Cl)c1F. The Morgan fingerprint density at radius 2 is 1.41 bits per heavy atom. The molecule has 1 fully saturated rings. The van der Waals surface area contributed by atoms with E-state index >= 15 is 8.78 Å². The van der Waals surface area contributed by atoms with E-state index in [0.29, 0.717) is 9.13 Å². The number of rotatable bonds is 6. The van der Waals surface area contributed by atoms with Crippen LogP contribution in [0.2, 0.25) is 5.02 Å². The molecule has 0 aliphatic heterocycles. The van der Waals surface area contributed by atoms with Crippen LogP contribution in [0.15, 0.2) is 48.5 Å². The number of ether oxygens (including phenoxy) is 2. The number of carbonyl (C=O) groups excluding carboxylic acids is 4. The Kier molecular flexibility index (Phi) is 11.1. The van der Waals surface area contributed by atoms with Crippen LogP contribution in [0.3, 0.4) is 0 Å². The summed E-state index contributed by atoms with van der Waals surface area (Å²) in [7, 11) is 0. The van der Waals surface area contributed by atoms with Gasteiger partial charge in [0.25, 0.3) is 5.91 Å². The van der Waals surface area contributed by atoms with Crippen LogP contribution in [0.5, 0.6) is 0 Å². The van der Waals surface area contributed by atoms with E-state index < -0.39 is 80.2 Å². The number of benzene rings is 3. The molecule has 0 radical (unpaired) electrons. The lowest BCUT2D eigenvalue weighted by molar-refractivity contribution is -0.117. The Morgan fingerprint density at radius 1 is 0.837 bits per heavy atom. The van der Waals surface area contributed by atoms with E-state index in [-0.39, 0.29) is 21.2 Å². The summed E-state index contributed by atoms with van der Waals surface area (Å²) in [6, 6.07) is 9.78. The predicted molar refractivity (Wildman–Crippen MR) is 189 cm³/mol. The number of alkyl halides is 2. The van der Waals surface area contributed by atoms with Crippen molar-refractivity contribution in [2.24, 2.45) is 5.92 Å². The summed E-state index contributed by atoms with van der Waals surface area (Å²) in [5, 5.41) is 4.77. The van der Waals surface area contributed by atoms with E-state index in [0.717, 1.165) is 12.1 Å². The highest BCUT2D eigenvalue weighted by molar-refractivity contribution is 14.1. The van der Waals surface area contributed by atoms with Gasteiger partial charge >= 0.3 is 12.2 Å². The second-order valence-electron chi connectivity index (χ2n) is 13.0. The molecule has 9 nitrogen and oxygen atoms in total. The highest BCUT2D eigenvalue weighted by atomic mass is 127. The molecular formula is C33H30Cl3F3IN3O6. The van der Waals surface area contributed by atoms with Crippen molar-refractivity contribution in [1.82, 2.24) is 0 Å². The fourth-order valence-corrected chi connectivity index (χ4v) is 6.25. The van der Waals surface area contributed by atoms with Gasteiger partial charge in [0.05, 0.1) is 22.2 Å². The van der Waals surface area contributed by atoms with Crippen LogP contribution in [-0.2, 0) is 14.3 Å². The Bertz CT molecular complexity index is 1820. The average Bonchev–Trinajstić information content (AvgIpc) is 3.54. The molecule has 0 heterocycles. The van der Waals surface area contributed by atoms with E-state index in [2.05, 4.69) is 10.6 Å². The number of hydrogen-bond donors (Lipinski definition) is 2. The largest absolute Gasteiger partial charge is 0.443 e. The summed E-state index contributed by atoms with van der Waals surface area (Å²) in [6.45, 7) is 8.91. The monoisotopic (exact) mass is 853 g/mol. The predicted octanol–water partition coefficient (Wildman–Crippen LogP) is 9.82. The Hall–Kier alpha value is -3.27. The van der Waals surface area contributed by atoms with Gasteiger partial charge in [0.15, 0.2) is 11.6 Å². The Labute approximate surface area is 308 Å². The van der Waals surface area contributed by atoms with Crippen molar-refractivity contribution in [3.05, 3.63) is 85.7 Å². The normalized spacial score (nSPS) is 16.8. The van der Waals surface area contributed by atoms with Crippen LogP contribution in [0, 0.1) is 26.9 Å². The zero-order valence-electron chi connectivity index (χ0n) is 26.8. The number of imide groups is 1. The third kappa shape index (κ3) is 8.91. The quantitative estimate of drug-likeness (QED) is 0.189. The zero-order chi connectivity index (χ0) is 36.8. The lowest BCUT2D eigenvalue weighted by Gasteiger charge is -2.29. The molecule has 262 valence electrons. The molecule has 1 aliphatic carbocycles. The van der Waals surface area contributed by atoms with Crippen molar-refractivity contribution in [1.29, 1.82) is 0 Å². The minimum atomic E-state index is -1.50. The van der Waals surface area contributed by atoms with Gasteiger partial charge in [0.1, 0.15) is 27.0 Å². The average molecular weight is 855 g/mol. The van der Waals surface area contributed by atoms with Gasteiger partial charge in [-0.05, 0) is 112 Å². The molecular weight excluding hydrogens is 825 g/mol. The molecule has 0 aromatic heterocycles. The van der Waals surface area contributed by atoms with Crippen molar-refractivity contribution in [2.75, 3.05) is 15.5 Å². The van der Waals surface area contributed by atoms with Crippen LogP contribution in [-0.4, -0.2) is 39.5 Å². The number of nitrogens with zero attached hydrogens (tertiary/aromatic N) is 1. The van der Waals surface area contributed by atoms with Gasteiger partial charge in [-0.1, -0.05) is 17.7 Å². The summed E-state index contributed by atoms with van der Waals surface area (Å²) < 4.78 is 54.1. The molecule has 49 heavy (non-hydrogen) atoms.